The Labute approximate surface area is 154 Å². The molecule has 3 N–H and O–H groups in total. The molecule has 7 heteroatoms. The molecule has 0 atom stereocenters. The minimum absolute atomic E-state index is 0.137. The van der Waals surface area contributed by atoms with Crippen molar-refractivity contribution in [3.8, 4) is 0 Å². The van der Waals surface area contributed by atoms with Crippen molar-refractivity contribution in [1.29, 1.82) is 0 Å². The van der Waals surface area contributed by atoms with Crippen molar-refractivity contribution in [2.75, 3.05) is 11.1 Å². The zero-order valence-corrected chi connectivity index (χ0v) is 14.8. The van der Waals surface area contributed by atoms with Crippen LogP contribution in [0.1, 0.15) is 5.56 Å². The summed E-state index contributed by atoms with van der Waals surface area (Å²) in [5, 5.41) is 3.68. The smallest absolute Gasteiger partial charge is 0.248 e. The van der Waals surface area contributed by atoms with Gasteiger partial charge in [0, 0.05) is 26.6 Å². The molecule has 0 saturated carbocycles. The van der Waals surface area contributed by atoms with Crippen molar-refractivity contribution in [1.82, 2.24) is 0 Å². The van der Waals surface area contributed by atoms with Crippen LogP contribution in [0.3, 0.4) is 0 Å². The quantitative estimate of drug-likeness (QED) is 0.581. The fourth-order valence-electron chi connectivity index (χ4n) is 1.85. The second-order valence-electron chi connectivity index (χ2n) is 4.71. The van der Waals surface area contributed by atoms with Gasteiger partial charge in [0.25, 0.3) is 0 Å². The fraction of sp³-hybridized carbons (Fsp3) is 0.0588. The number of halogens is 2. The van der Waals surface area contributed by atoms with E-state index in [2.05, 4.69) is 5.32 Å². The van der Waals surface area contributed by atoms with Crippen molar-refractivity contribution >= 4 is 58.5 Å². The molecule has 0 bridgehead atoms. The van der Waals surface area contributed by atoms with Gasteiger partial charge in [-0.1, -0.05) is 41.4 Å². The molecular formula is C17H14Cl2N2O2S. The third kappa shape index (κ3) is 5.30. The predicted molar refractivity (Wildman–Crippen MR) is 100 cm³/mol. The highest BCUT2D eigenvalue weighted by molar-refractivity contribution is 8.00. The number of benzene rings is 2. The standard InChI is InChI=1S/C17H14Cl2N2O2S/c18-12-4-3-5-13(19)11(12)8-9-17(23)21-14-6-1-2-7-15(14)24-10-16(20)22/h1-9H,10H2,(H2,20,22)(H,21,23). The Balaban J connectivity index is 2.10. The van der Waals surface area contributed by atoms with Gasteiger partial charge in [0.1, 0.15) is 0 Å². The Morgan fingerprint density at radius 3 is 2.42 bits per heavy atom. The topological polar surface area (TPSA) is 72.2 Å². The molecule has 2 aromatic rings. The third-order valence-corrected chi connectivity index (χ3v) is 4.67. The van der Waals surface area contributed by atoms with Gasteiger partial charge in [-0.3, -0.25) is 9.59 Å². The van der Waals surface area contributed by atoms with Gasteiger partial charge < -0.3 is 11.1 Å². The molecule has 2 aromatic carbocycles. The largest absolute Gasteiger partial charge is 0.369 e. The maximum absolute atomic E-state index is 12.1. The van der Waals surface area contributed by atoms with Crippen LogP contribution in [0.2, 0.25) is 10.0 Å². The molecule has 0 aliphatic rings. The van der Waals surface area contributed by atoms with Crippen LogP contribution < -0.4 is 11.1 Å². The first kappa shape index (κ1) is 18.4. The Morgan fingerprint density at radius 2 is 1.75 bits per heavy atom. The lowest BCUT2D eigenvalue weighted by Gasteiger charge is -2.08. The average Bonchev–Trinajstić information content (AvgIpc) is 2.53. The van der Waals surface area contributed by atoms with E-state index < -0.39 is 5.91 Å². The highest BCUT2D eigenvalue weighted by atomic mass is 35.5. The number of thioether (sulfide) groups is 1. The molecule has 0 heterocycles. The third-order valence-electron chi connectivity index (χ3n) is 2.92. The van der Waals surface area contributed by atoms with E-state index >= 15 is 0 Å². The van der Waals surface area contributed by atoms with Crippen molar-refractivity contribution < 1.29 is 9.59 Å². The number of hydrogen-bond acceptors (Lipinski definition) is 3. The van der Waals surface area contributed by atoms with Crippen molar-refractivity contribution in [3.63, 3.8) is 0 Å². The Hall–Kier alpha value is -1.95. The molecule has 2 rings (SSSR count). The number of primary amides is 1. The fourth-order valence-corrected chi connectivity index (χ4v) is 3.12. The van der Waals surface area contributed by atoms with Crippen LogP contribution >= 0.6 is 35.0 Å². The summed E-state index contributed by atoms with van der Waals surface area (Å²) in [5.74, 6) is -0.620. The summed E-state index contributed by atoms with van der Waals surface area (Å²) in [5.41, 5.74) is 6.33. The zero-order chi connectivity index (χ0) is 17.5. The number of para-hydroxylation sites is 1. The van der Waals surface area contributed by atoms with E-state index in [0.29, 0.717) is 21.3 Å². The molecule has 0 aliphatic heterocycles. The molecule has 0 unspecified atom stereocenters. The van der Waals surface area contributed by atoms with Crippen LogP contribution in [-0.4, -0.2) is 17.6 Å². The molecule has 124 valence electrons. The summed E-state index contributed by atoms with van der Waals surface area (Å²) < 4.78 is 0. The normalized spacial score (nSPS) is 10.8. The summed E-state index contributed by atoms with van der Waals surface area (Å²) in [4.78, 5) is 23.8. The summed E-state index contributed by atoms with van der Waals surface area (Å²) in [6.07, 6.45) is 2.90. The predicted octanol–water partition coefficient (Wildman–Crippen LogP) is 4.22. The summed E-state index contributed by atoms with van der Waals surface area (Å²) in [7, 11) is 0. The first-order valence-electron chi connectivity index (χ1n) is 6.90. The van der Waals surface area contributed by atoms with E-state index in [-0.39, 0.29) is 11.7 Å². The lowest BCUT2D eigenvalue weighted by atomic mass is 10.2. The molecule has 0 aliphatic carbocycles. The molecule has 0 fully saturated rings. The van der Waals surface area contributed by atoms with E-state index in [9.17, 15) is 9.59 Å². The van der Waals surface area contributed by atoms with Crippen LogP contribution in [0.5, 0.6) is 0 Å². The lowest BCUT2D eigenvalue weighted by molar-refractivity contribution is -0.115. The van der Waals surface area contributed by atoms with Gasteiger partial charge in [0.05, 0.1) is 11.4 Å². The number of carbonyl (C=O) groups is 2. The number of hydrogen-bond donors (Lipinski definition) is 2. The van der Waals surface area contributed by atoms with Gasteiger partial charge in [-0.15, -0.1) is 11.8 Å². The number of nitrogens with one attached hydrogen (secondary N) is 1. The second kappa shape index (κ2) is 8.78. The van der Waals surface area contributed by atoms with E-state index in [1.54, 1.807) is 42.5 Å². The van der Waals surface area contributed by atoms with E-state index in [4.69, 9.17) is 28.9 Å². The number of anilines is 1. The zero-order valence-electron chi connectivity index (χ0n) is 12.5. The van der Waals surface area contributed by atoms with Crippen LogP contribution in [0.25, 0.3) is 6.08 Å². The average molecular weight is 381 g/mol. The molecular weight excluding hydrogens is 367 g/mol. The highest BCUT2D eigenvalue weighted by Gasteiger charge is 2.07. The Morgan fingerprint density at radius 1 is 1.08 bits per heavy atom. The maximum Gasteiger partial charge on any atom is 0.248 e. The van der Waals surface area contributed by atoms with E-state index in [1.165, 1.54) is 17.8 Å². The number of amides is 2. The van der Waals surface area contributed by atoms with Crippen molar-refractivity contribution in [3.05, 3.63) is 64.1 Å². The Kier molecular flexibility index (Phi) is 6.73. The van der Waals surface area contributed by atoms with Gasteiger partial charge in [0.15, 0.2) is 0 Å². The van der Waals surface area contributed by atoms with Gasteiger partial charge in [0.2, 0.25) is 11.8 Å². The second-order valence-corrected chi connectivity index (χ2v) is 6.54. The van der Waals surface area contributed by atoms with Gasteiger partial charge >= 0.3 is 0 Å². The SMILES string of the molecule is NC(=O)CSc1ccccc1NC(=O)C=Cc1c(Cl)cccc1Cl. The van der Waals surface area contributed by atoms with Gasteiger partial charge in [-0.2, -0.15) is 0 Å². The van der Waals surface area contributed by atoms with Crippen LogP contribution in [0.15, 0.2) is 53.4 Å². The van der Waals surface area contributed by atoms with Crippen LogP contribution in [-0.2, 0) is 9.59 Å². The first-order chi connectivity index (χ1) is 11.5. The van der Waals surface area contributed by atoms with Crippen molar-refractivity contribution in [2.45, 2.75) is 4.90 Å². The summed E-state index contributed by atoms with van der Waals surface area (Å²) in [6.45, 7) is 0. The molecule has 2 amide bonds. The van der Waals surface area contributed by atoms with Crippen molar-refractivity contribution in [2.24, 2.45) is 5.73 Å². The molecule has 4 nitrogen and oxygen atoms in total. The number of nitrogens with two attached hydrogens (primary N) is 1. The summed E-state index contributed by atoms with van der Waals surface area (Å²) >= 11 is 13.4. The van der Waals surface area contributed by atoms with E-state index in [0.717, 1.165) is 4.90 Å². The number of carbonyl (C=O) groups excluding carboxylic acids is 2. The minimum atomic E-state index is -0.422. The molecule has 24 heavy (non-hydrogen) atoms. The number of rotatable bonds is 6. The molecule has 0 spiro atoms. The van der Waals surface area contributed by atoms with Gasteiger partial charge in [-0.25, -0.2) is 0 Å². The van der Waals surface area contributed by atoms with Crippen LogP contribution in [0.4, 0.5) is 5.69 Å². The highest BCUT2D eigenvalue weighted by Crippen LogP contribution is 2.27. The monoisotopic (exact) mass is 380 g/mol. The Bertz CT molecular complexity index is 774. The molecule has 0 saturated heterocycles. The molecule has 0 aromatic heterocycles. The van der Waals surface area contributed by atoms with E-state index in [1.807, 2.05) is 6.07 Å². The minimum Gasteiger partial charge on any atom is -0.369 e. The maximum atomic E-state index is 12.1. The van der Waals surface area contributed by atoms with Gasteiger partial charge in [-0.05, 0) is 30.3 Å². The lowest BCUT2D eigenvalue weighted by Crippen LogP contribution is -2.13. The van der Waals surface area contributed by atoms with Crippen LogP contribution in [0, 0.1) is 0 Å². The summed E-state index contributed by atoms with van der Waals surface area (Å²) in [6, 6.07) is 12.3. The first-order valence-corrected chi connectivity index (χ1v) is 8.64. The molecule has 0 radical (unpaired) electrons.